The van der Waals surface area contributed by atoms with E-state index in [1.807, 2.05) is 54.6 Å². The van der Waals surface area contributed by atoms with Crippen LogP contribution in [0.3, 0.4) is 0 Å². The fourth-order valence-electron chi connectivity index (χ4n) is 4.03. The Kier molecular flexibility index (Phi) is 3.91. The Morgan fingerprint density at radius 2 is 0.964 bits per heavy atom. The predicted molar refractivity (Wildman–Crippen MR) is 112 cm³/mol. The highest BCUT2D eigenvalue weighted by Crippen LogP contribution is 2.43. The molecule has 5 aromatic rings. The van der Waals surface area contributed by atoms with Crippen LogP contribution in [0.1, 0.15) is 0 Å². The number of hydrogen-bond donors (Lipinski definition) is 0. The van der Waals surface area contributed by atoms with Crippen molar-refractivity contribution in [1.82, 2.24) is 0 Å². The second-order valence-corrected chi connectivity index (χ2v) is 6.83. The van der Waals surface area contributed by atoms with Gasteiger partial charge in [0, 0.05) is 17.2 Å². The quantitative estimate of drug-likeness (QED) is 0.282. The minimum atomic E-state index is -0.573. The summed E-state index contributed by atoms with van der Waals surface area (Å²) in [5.74, 6) is -1.13. The molecule has 0 N–H and O–H groups in total. The molecule has 0 amide bonds. The van der Waals surface area contributed by atoms with Crippen LogP contribution >= 0.6 is 0 Å². The molecule has 0 fully saturated rings. The standard InChI is InChI=1S/C26H16F2/c27-18-14-15-23(24(28)16-18)26-21-12-6-4-10-19(21)25(17-8-2-1-3-9-17)20-11-5-7-13-22(20)26/h1-16H. The van der Waals surface area contributed by atoms with E-state index in [0.717, 1.165) is 44.3 Å². The van der Waals surface area contributed by atoms with Gasteiger partial charge < -0.3 is 0 Å². The second kappa shape index (κ2) is 6.58. The van der Waals surface area contributed by atoms with Crippen molar-refractivity contribution in [1.29, 1.82) is 0 Å². The molecule has 28 heavy (non-hydrogen) atoms. The lowest BCUT2D eigenvalue weighted by atomic mass is 9.86. The Balaban J connectivity index is 2.01. The van der Waals surface area contributed by atoms with Crippen LogP contribution in [0.2, 0.25) is 0 Å². The third kappa shape index (κ3) is 2.57. The molecule has 5 rings (SSSR count). The summed E-state index contributed by atoms with van der Waals surface area (Å²) in [5.41, 5.74) is 3.44. The van der Waals surface area contributed by atoms with E-state index in [-0.39, 0.29) is 0 Å². The summed E-state index contributed by atoms with van der Waals surface area (Å²) in [5, 5.41) is 3.99. The molecule has 0 atom stereocenters. The van der Waals surface area contributed by atoms with Gasteiger partial charge in [-0.1, -0.05) is 78.9 Å². The third-order valence-electron chi connectivity index (χ3n) is 5.19. The number of hydrogen-bond acceptors (Lipinski definition) is 0. The van der Waals surface area contributed by atoms with Gasteiger partial charge in [0.1, 0.15) is 11.6 Å². The molecule has 0 heterocycles. The van der Waals surface area contributed by atoms with Gasteiger partial charge in [-0.2, -0.15) is 0 Å². The van der Waals surface area contributed by atoms with Gasteiger partial charge in [-0.3, -0.25) is 0 Å². The van der Waals surface area contributed by atoms with E-state index < -0.39 is 11.6 Å². The zero-order valence-corrected chi connectivity index (χ0v) is 15.0. The molecule has 0 bridgehead atoms. The lowest BCUT2D eigenvalue weighted by molar-refractivity contribution is 0.586. The third-order valence-corrected chi connectivity index (χ3v) is 5.19. The lowest BCUT2D eigenvalue weighted by Gasteiger charge is -2.18. The summed E-state index contributed by atoms with van der Waals surface area (Å²) < 4.78 is 28.3. The van der Waals surface area contributed by atoms with Gasteiger partial charge in [0.2, 0.25) is 0 Å². The first-order valence-electron chi connectivity index (χ1n) is 9.18. The molecule has 0 aromatic heterocycles. The minimum Gasteiger partial charge on any atom is -0.207 e. The molecule has 2 heteroatoms. The van der Waals surface area contributed by atoms with Crippen LogP contribution in [0, 0.1) is 11.6 Å². The maximum absolute atomic E-state index is 14.8. The van der Waals surface area contributed by atoms with Crippen molar-refractivity contribution in [2.75, 3.05) is 0 Å². The van der Waals surface area contributed by atoms with Gasteiger partial charge in [0.15, 0.2) is 0 Å². The molecule has 0 aliphatic carbocycles. The average Bonchev–Trinajstić information content (AvgIpc) is 2.73. The Bertz CT molecular complexity index is 1260. The largest absolute Gasteiger partial charge is 0.207 e. The molecule has 0 saturated heterocycles. The zero-order chi connectivity index (χ0) is 19.1. The fraction of sp³-hybridized carbons (Fsp3) is 0. The van der Waals surface area contributed by atoms with Crippen molar-refractivity contribution >= 4 is 21.5 Å². The summed E-state index contributed by atoms with van der Waals surface area (Å²) in [4.78, 5) is 0. The number of halogens is 2. The zero-order valence-electron chi connectivity index (χ0n) is 15.0. The maximum Gasteiger partial charge on any atom is 0.133 e. The highest BCUT2D eigenvalue weighted by Gasteiger charge is 2.18. The van der Waals surface area contributed by atoms with Crippen molar-refractivity contribution in [3.05, 3.63) is 109 Å². The molecule has 0 unspecified atom stereocenters. The molecule has 0 nitrogen and oxygen atoms in total. The predicted octanol–water partition coefficient (Wildman–Crippen LogP) is 7.61. The second-order valence-electron chi connectivity index (χ2n) is 6.83. The van der Waals surface area contributed by atoms with Gasteiger partial charge in [0.05, 0.1) is 0 Å². The van der Waals surface area contributed by atoms with Gasteiger partial charge in [-0.15, -0.1) is 0 Å². The van der Waals surface area contributed by atoms with Crippen LogP contribution in [0.15, 0.2) is 97.1 Å². The molecule has 0 saturated carbocycles. The van der Waals surface area contributed by atoms with Crippen LogP contribution in [0.25, 0.3) is 43.8 Å². The van der Waals surface area contributed by atoms with Gasteiger partial charge in [-0.05, 0) is 44.8 Å². The van der Waals surface area contributed by atoms with Crippen LogP contribution in [0.5, 0.6) is 0 Å². The summed E-state index contributed by atoms with van der Waals surface area (Å²) >= 11 is 0. The smallest absolute Gasteiger partial charge is 0.133 e. The van der Waals surface area contributed by atoms with Crippen molar-refractivity contribution in [3.63, 3.8) is 0 Å². The van der Waals surface area contributed by atoms with Crippen LogP contribution in [-0.4, -0.2) is 0 Å². The molecular weight excluding hydrogens is 350 g/mol. The van der Waals surface area contributed by atoms with E-state index in [4.69, 9.17) is 0 Å². The summed E-state index contributed by atoms with van der Waals surface area (Å²) in [6, 6.07) is 30.0. The molecule has 0 radical (unpaired) electrons. The SMILES string of the molecule is Fc1ccc(-c2c3ccccc3c(-c3ccccc3)c3ccccc23)c(F)c1. The monoisotopic (exact) mass is 366 g/mol. The number of benzene rings is 5. The Hall–Kier alpha value is -3.52. The average molecular weight is 366 g/mol. The van der Waals surface area contributed by atoms with E-state index in [1.54, 1.807) is 0 Å². The Morgan fingerprint density at radius 1 is 0.464 bits per heavy atom. The van der Waals surface area contributed by atoms with Crippen LogP contribution in [0.4, 0.5) is 8.78 Å². The molecule has 0 spiro atoms. The van der Waals surface area contributed by atoms with E-state index in [9.17, 15) is 8.78 Å². The first-order valence-corrected chi connectivity index (χ1v) is 9.18. The molecule has 0 aliphatic heterocycles. The van der Waals surface area contributed by atoms with E-state index in [2.05, 4.69) is 24.3 Å². The fourth-order valence-corrected chi connectivity index (χ4v) is 4.03. The summed E-state index contributed by atoms with van der Waals surface area (Å²) in [7, 11) is 0. The van der Waals surface area contributed by atoms with Gasteiger partial charge >= 0.3 is 0 Å². The molecule has 134 valence electrons. The maximum atomic E-state index is 14.8. The van der Waals surface area contributed by atoms with Crippen molar-refractivity contribution in [3.8, 4) is 22.3 Å². The van der Waals surface area contributed by atoms with Crippen molar-refractivity contribution in [2.45, 2.75) is 0 Å². The van der Waals surface area contributed by atoms with E-state index in [0.29, 0.717) is 5.56 Å². The lowest BCUT2D eigenvalue weighted by Crippen LogP contribution is -1.93. The number of rotatable bonds is 2. The molecular formula is C26H16F2. The van der Waals surface area contributed by atoms with Crippen molar-refractivity contribution < 1.29 is 8.78 Å². The van der Waals surface area contributed by atoms with Gasteiger partial charge in [-0.25, -0.2) is 8.78 Å². The van der Waals surface area contributed by atoms with Crippen molar-refractivity contribution in [2.24, 2.45) is 0 Å². The first-order chi connectivity index (χ1) is 13.7. The van der Waals surface area contributed by atoms with Gasteiger partial charge in [0.25, 0.3) is 0 Å². The summed E-state index contributed by atoms with van der Waals surface area (Å²) in [6.07, 6.45) is 0. The normalized spacial score (nSPS) is 11.2. The topological polar surface area (TPSA) is 0 Å². The summed E-state index contributed by atoms with van der Waals surface area (Å²) in [6.45, 7) is 0. The first kappa shape index (κ1) is 16.6. The molecule has 5 aromatic carbocycles. The van der Waals surface area contributed by atoms with E-state index >= 15 is 0 Å². The Labute approximate surface area is 161 Å². The van der Waals surface area contributed by atoms with E-state index in [1.165, 1.54) is 12.1 Å². The highest BCUT2D eigenvalue weighted by atomic mass is 19.1. The van der Waals surface area contributed by atoms with Crippen LogP contribution < -0.4 is 0 Å². The minimum absolute atomic E-state index is 0.411. The highest BCUT2D eigenvalue weighted by molar-refractivity contribution is 6.21. The van der Waals surface area contributed by atoms with Crippen LogP contribution in [-0.2, 0) is 0 Å². The number of fused-ring (bicyclic) bond motifs is 2. The Morgan fingerprint density at radius 3 is 1.50 bits per heavy atom. The molecule has 0 aliphatic rings.